The number of amides is 1. The summed E-state index contributed by atoms with van der Waals surface area (Å²) in [5.74, 6) is -0.506. The van der Waals surface area contributed by atoms with Crippen molar-refractivity contribution in [1.29, 1.82) is 0 Å². The highest BCUT2D eigenvalue weighted by atomic mass is 35.5. The largest absolute Gasteiger partial charge is 0.492 e. The first kappa shape index (κ1) is 23.9. The fourth-order valence-electron chi connectivity index (χ4n) is 3.26. The molecule has 1 amide bonds. The third kappa shape index (κ3) is 5.34. The van der Waals surface area contributed by atoms with Crippen molar-refractivity contribution in [3.63, 3.8) is 0 Å². The molecule has 2 aromatic carbocycles. The predicted molar refractivity (Wildman–Crippen MR) is 126 cm³/mol. The molecule has 0 saturated heterocycles. The van der Waals surface area contributed by atoms with Gasteiger partial charge in [0.25, 0.3) is 5.91 Å². The first-order valence-electron chi connectivity index (χ1n) is 10.1. The number of nitrogens with zero attached hydrogens (tertiary/aromatic N) is 2. The van der Waals surface area contributed by atoms with Crippen LogP contribution in [0.4, 0.5) is 0 Å². The van der Waals surface area contributed by atoms with Crippen molar-refractivity contribution in [1.82, 2.24) is 15.1 Å². The van der Waals surface area contributed by atoms with Crippen LogP contribution in [0.3, 0.4) is 0 Å². The third-order valence-corrected chi connectivity index (χ3v) is 5.30. The number of rotatable bonds is 8. The van der Waals surface area contributed by atoms with E-state index in [1.165, 1.54) is 0 Å². The van der Waals surface area contributed by atoms with Crippen LogP contribution in [0, 0.1) is 0 Å². The number of carbonyl (C=O) groups is 2. The first-order chi connectivity index (χ1) is 15.1. The fourth-order valence-corrected chi connectivity index (χ4v) is 3.57. The van der Waals surface area contributed by atoms with Crippen molar-refractivity contribution in [2.45, 2.75) is 26.3 Å². The number of ether oxygens (including phenoxy) is 2. The average Bonchev–Trinajstić information content (AvgIpc) is 3.09. The summed E-state index contributed by atoms with van der Waals surface area (Å²) >= 11 is 11.8. The molecule has 1 aromatic heterocycles. The highest BCUT2D eigenvalue weighted by Gasteiger charge is 2.26. The van der Waals surface area contributed by atoms with E-state index >= 15 is 0 Å². The molecule has 3 rings (SSSR count). The SMILES string of the molecule is CCOc1ccc(-c2ccc3c(C(=O)NC(C)(C)COC(=O)CCl)nn(C)c3c2)cc1Cl. The van der Waals surface area contributed by atoms with E-state index in [0.717, 1.165) is 16.6 Å². The Morgan fingerprint density at radius 2 is 1.84 bits per heavy atom. The number of hydrogen-bond acceptors (Lipinski definition) is 5. The Morgan fingerprint density at radius 3 is 2.50 bits per heavy atom. The molecule has 1 N–H and O–H groups in total. The smallest absolute Gasteiger partial charge is 0.320 e. The Morgan fingerprint density at radius 1 is 1.16 bits per heavy atom. The maximum Gasteiger partial charge on any atom is 0.320 e. The molecule has 0 unspecified atom stereocenters. The van der Waals surface area contributed by atoms with Crippen molar-refractivity contribution in [3.8, 4) is 16.9 Å². The standard InChI is InChI=1S/C23H25Cl2N3O4/c1-5-31-19-9-7-14(10-17(19)25)15-6-8-16-18(11-15)28(4)27-21(16)22(30)26-23(2,3)13-32-20(29)12-24/h6-11H,5,12-13H2,1-4H3,(H,26,30). The third-order valence-electron chi connectivity index (χ3n) is 4.79. The topological polar surface area (TPSA) is 82.4 Å². The molecule has 0 aliphatic carbocycles. The monoisotopic (exact) mass is 477 g/mol. The van der Waals surface area contributed by atoms with Crippen LogP contribution in [0.25, 0.3) is 22.0 Å². The van der Waals surface area contributed by atoms with Crippen molar-refractivity contribution in [3.05, 3.63) is 47.1 Å². The van der Waals surface area contributed by atoms with Gasteiger partial charge in [-0.15, -0.1) is 11.6 Å². The molecule has 9 heteroatoms. The second-order valence-electron chi connectivity index (χ2n) is 7.91. The number of benzene rings is 2. The zero-order chi connectivity index (χ0) is 23.5. The predicted octanol–water partition coefficient (Wildman–Crippen LogP) is 4.58. The molecule has 0 atom stereocenters. The lowest BCUT2D eigenvalue weighted by atomic mass is 10.0. The molecule has 7 nitrogen and oxygen atoms in total. The lowest BCUT2D eigenvalue weighted by Crippen LogP contribution is -2.47. The molecule has 0 spiro atoms. The first-order valence-corrected chi connectivity index (χ1v) is 11.0. The van der Waals surface area contributed by atoms with Crippen LogP contribution in [0.2, 0.25) is 5.02 Å². The van der Waals surface area contributed by atoms with Crippen LogP contribution in [0.15, 0.2) is 36.4 Å². The summed E-state index contributed by atoms with van der Waals surface area (Å²) in [6, 6.07) is 11.4. The van der Waals surface area contributed by atoms with Crippen LogP contribution >= 0.6 is 23.2 Å². The minimum Gasteiger partial charge on any atom is -0.492 e. The van der Waals surface area contributed by atoms with Gasteiger partial charge in [-0.2, -0.15) is 5.10 Å². The number of aromatic nitrogens is 2. The zero-order valence-electron chi connectivity index (χ0n) is 18.4. The molecule has 170 valence electrons. The van der Waals surface area contributed by atoms with Gasteiger partial charge in [-0.25, -0.2) is 0 Å². The van der Waals surface area contributed by atoms with Gasteiger partial charge in [-0.3, -0.25) is 14.3 Å². The van der Waals surface area contributed by atoms with Gasteiger partial charge in [0.1, 0.15) is 18.2 Å². The molecule has 3 aromatic rings. The van der Waals surface area contributed by atoms with E-state index in [1.807, 2.05) is 43.3 Å². The Kier molecular flexibility index (Phi) is 7.31. The summed E-state index contributed by atoms with van der Waals surface area (Å²) in [5.41, 5.74) is 2.15. The summed E-state index contributed by atoms with van der Waals surface area (Å²) in [4.78, 5) is 24.2. The number of carbonyl (C=O) groups excluding carboxylic acids is 2. The summed E-state index contributed by atoms with van der Waals surface area (Å²) in [6.45, 7) is 5.95. The number of hydrogen-bond donors (Lipinski definition) is 1. The van der Waals surface area contributed by atoms with Gasteiger partial charge >= 0.3 is 5.97 Å². The number of alkyl halides is 1. The second-order valence-corrected chi connectivity index (χ2v) is 8.59. The van der Waals surface area contributed by atoms with Gasteiger partial charge in [0.15, 0.2) is 5.69 Å². The number of nitrogens with one attached hydrogen (secondary N) is 1. The molecule has 1 heterocycles. The molecule has 0 fully saturated rings. The van der Waals surface area contributed by atoms with Crippen molar-refractivity contribution in [2.75, 3.05) is 19.1 Å². The number of esters is 1. The Balaban J connectivity index is 1.86. The van der Waals surface area contributed by atoms with Gasteiger partial charge in [-0.05, 0) is 56.2 Å². The van der Waals surface area contributed by atoms with Crippen molar-refractivity contribution >= 4 is 46.0 Å². The Bertz CT molecular complexity index is 1160. The van der Waals surface area contributed by atoms with E-state index in [-0.39, 0.29) is 24.1 Å². The van der Waals surface area contributed by atoms with Gasteiger partial charge in [0, 0.05) is 12.4 Å². The summed E-state index contributed by atoms with van der Waals surface area (Å²) in [6.07, 6.45) is 0. The molecule has 32 heavy (non-hydrogen) atoms. The van der Waals surface area contributed by atoms with Gasteiger partial charge < -0.3 is 14.8 Å². The van der Waals surface area contributed by atoms with E-state index in [0.29, 0.717) is 22.8 Å². The van der Waals surface area contributed by atoms with E-state index in [2.05, 4.69) is 10.4 Å². The highest BCUT2D eigenvalue weighted by molar-refractivity contribution is 6.32. The number of halogens is 2. The van der Waals surface area contributed by atoms with Crippen LogP contribution in [0.5, 0.6) is 5.75 Å². The minimum atomic E-state index is -0.790. The summed E-state index contributed by atoms with van der Waals surface area (Å²) in [5, 5.41) is 8.51. The molecular formula is C23H25Cl2N3O4. The normalized spacial score (nSPS) is 11.4. The van der Waals surface area contributed by atoms with Gasteiger partial charge in [-0.1, -0.05) is 23.7 Å². The number of aryl methyl sites for hydroxylation is 1. The average molecular weight is 478 g/mol. The zero-order valence-corrected chi connectivity index (χ0v) is 19.9. The van der Waals surface area contributed by atoms with Crippen LogP contribution in [0.1, 0.15) is 31.3 Å². The molecular weight excluding hydrogens is 453 g/mol. The van der Waals surface area contributed by atoms with Crippen molar-refractivity contribution < 1.29 is 19.1 Å². The van der Waals surface area contributed by atoms with Gasteiger partial charge in [0.2, 0.25) is 0 Å². The molecule has 0 saturated carbocycles. The minimum absolute atomic E-state index is 0.00227. The summed E-state index contributed by atoms with van der Waals surface area (Å²) in [7, 11) is 1.78. The van der Waals surface area contributed by atoms with E-state index < -0.39 is 11.5 Å². The lowest BCUT2D eigenvalue weighted by Gasteiger charge is -2.25. The second kappa shape index (κ2) is 9.79. The highest BCUT2D eigenvalue weighted by Crippen LogP contribution is 2.32. The molecule has 0 aliphatic rings. The molecule has 0 aliphatic heterocycles. The van der Waals surface area contributed by atoms with Crippen molar-refractivity contribution in [2.24, 2.45) is 7.05 Å². The maximum atomic E-state index is 12.9. The van der Waals surface area contributed by atoms with Crippen LogP contribution in [-0.2, 0) is 16.6 Å². The Labute approximate surface area is 196 Å². The fraction of sp³-hybridized carbons (Fsp3) is 0.348. The van der Waals surface area contributed by atoms with E-state index in [4.69, 9.17) is 32.7 Å². The van der Waals surface area contributed by atoms with Gasteiger partial charge in [0.05, 0.1) is 22.7 Å². The molecule has 0 radical (unpaired) electrons. The summed E-state index contributed by atoms with van der Waals surface area (Å²) < 4.78 is 12.2. The van der Waals surface area contributed by atoms with E-state index in [9.17, 15) is 9.59 Å². The maximum absolute atomic E-state index is 12.9. The lowest BCUT2D eigenvalue weighted by molar-refractivity contribution is -0.142. The van der Waals surface area contributed by atoms with E-state index in [1.54, 1.807) is 25.6 Å². The van der Waals surface area contributed by atoms with Crippen LogP contribution in [-0.4, -0.2) is 46.3 Å². The molecule has 0 bridgehead atoms. The number of fused-ring (bicyclic) bond motifs is 1. The quantitative estimate of drug-likeness (QED) is 0.379. The van der Waals surface area contributed by atoms with Crippen LogP contribution < -0.4 is 10.1 Å². The Hall–Kier alpha value is -2.77.